The first-order valence-electron chi connectivity index (χ1n) is 7.81. The number of likely N-dealkylation sites (tertiary alicyclic amines) is 1. The van der Waals surface area contributed by atoms with Crippen LogP contribution in [0.1, 0.15) is 12.8 Å². The lowest BCUT2D eigenvalue weighted by Crippen LogP contribution is -2.43. The molecule has 0 aromatic carbocycles. The Bertz CT molecular complexity index is 618. The number of piperidine rings is 1. The molecule has 0 bridgehead atoms. The molecule has 0 radical (unpaired) electrons. The number of amides is 2. The highest BCUT2D eigenvalue weighted by Gasteiger charge is 2.22. The number of nitrogens with one attached hydrogen (secondary N) is 2. The number of carbonyl (C=O) groups excluding carboxylic acids is 1. The van der Waals surface area contributed by atoms with Gasteiger partial charge in [0.1, 0.15) is 5.75 Å². The first-order valence-corrected chi connectivity index (χ1v) is 7.81. The number of H-pyrrole nitrogens is 1. The van der Waals surface area contributed by atoms with E-state index < -0.39 is 0 Å². The number of nitrogens with zero attached hydrogens (tertiary/aromatic N) is 3. The van der Waals surface area contributed by atoms with Crippen molar-refractivity contribution in [3.8, 4) is 17.1 Å². The fourth-order valence-electron chi connectivity index (χ4n) is 2.70. The van der Waals surface area contributed by atoms with Crippen molar-refractivity contribution in [2.45, 2.75) is 12.8 Å². The zero-order valence-electron chi connectivity index (χ0n) is 13.2. The van der Waals surface area contributed by atoms with Crippen LogP contribution in [0.5, 0.6) is 5.75 Å². The normalized spacial score (nSPS) is 15.4. The molecule has 1 saturated heterocycles. The van der Waals surface area contributed by atoms with Crippen LogP contribution in [0.2, 0.25) is 0 Å². The van der Waals surface area contributed by atoms with Crippen molar-refractivity contribution < 1.29 is 9.53 Å². The van der Waals surface area contributed by atoms with E-state index >= 15 is 0 Å². The predicted molar refractivity (Wildman–Crippen MR) is 86.1 cm³/mol. The second-order valence-electron chi connectivity index (χ2n) is 5.65. The van der Waals surface area contributed by atoms with Crippen LogP contribution >= 0.6 is 0 Å². The van der Waals surface area contributed by atoms with E-state index in [1.165, 1.54) is 0 Å². The van der Waals surface area contributed by atoms with Gasteiger partial charge in [-0.2, -0.15) is 5.10 Å². The van der Waals surface area contributed by atoms with E-state index in [1.54, 1.807) is 19.4 Å². The third-order valence-corrected chi connectivity index (χ3v) is 4.11. The van der Waals surface area contributed by atoms with Gasteiger partial charge in [0.05, 0.1) is 24.2 Å². The van der Waals surface area contributed by atoms with Crippen LogP contribution < -0.4 is 10.1 Å². The number of carbonyl (C=O) groups is 1. The highest BCUT2D eigenvalue weighted by molar-refractivity contribution is 5.73. The van der Waals surface area contributed by atoms with E-state index in [4.69, 9.17) is 4.74 Å². The van der Waals surface area contributed by atoms with Crippen LogP contribution in [0.25, 0.3) is 11.4 Å². The molecule has 2 N–H and O–H groups in total. The van der Waals surface area contributed by atoms with Crippen LogP contribution in [0, 0.1) is 5.92 Å². The lowest BCUT2D eigenvalue weighted by molar-refractivity contribution is 0.146. The monoisotopic (exact) mass is 315 g/mol. The van der Waals surface area contributed by atoms with Gasteiger partial charge < -0.3 is 15.0 Å². The Hall–Kier alpha value is -2.57. The first-order chi connectivity index (χ1) is 11.3. The third kappa shape index (κ3) is 3.80. The Balaban J connectivity index is 1.47. The SMILES string of the molecule is CNC(=O)N1CCC(COc2ccc(-c3ccn[nH]3)nc2)CC1. The molecule has 2 aromatic heterocycles. The van der Waals surface area contributed by atoms with E-state index in [9.17, 15) is 4.79 Å². The molecule has 3 heterocycles. The van der Waals surface area contributed by atoms with Crippen molar-refractivity contribution in [2.24, 2.45) is 5.92 Å². The molecule has 1 aliphatic heterocycles. The lowest BCUT2D eigenvalue weighted by atomic mass is 9.98. The molecule has 1 aliphatic rings. The number of hydrogen-bond acceptors (Lipinski definition) is 4. The zero-order valence-corrected chi connectivity index (χ0v) is 13.2. The molecule has 0 unspecified atom stereocenters. The predicted octanol–water partition coefficient (Wildman–Crippen LogP) is 1.90. The molecule has 0 atom stereocenters. The molecule has 7 nitrogen and oxygen atoms in total. The smallest absolute Gasteiger partial charge is 0.317 e. The second kappa shape index (κ2) is 7.13. The van der Waals surface area contributed by atoms with Crippen LogP contribution in [0.15, 0.2) is 30.6 Å². The van der Waals surface area contributed by atoms with E-state index in [-0.39, 0.29) is 6.03 Å². The highest BCUT2D eigenvalue weighted by Crippen LogP contribution is 2.21. The standard InChI is InChI=1S/C16H21N5O2/c1-17-16(22)21-8-5-12(6-9-21)11-23-13-2-3-14(18-10-13)15-4-7-19-20-15/h2-4,7,10,12H,5-6,8-9,11H2,1H3,(H,17,22)(H,19,20). The summed E-state index contributed by atoms with van der Waals surface area (Å²) in [5.41, 5.74) is 1.73. The molecule has 1 fully saturated rings. The number of hydrogen-bond donors (Lipinski definition) is 2. The van der Waals surface area contributed by atoms with Gasteiger partial charge in [0.25, 0.3) is 0 Å². The van der Waals surface area contributed by atoms with Crippen molar-refractivity contribution in [1.29, 1.82) is 0 Å². The fraction of sp³-hybridized carbons (Fsp3) is 0.438. The van der Waals surface area contributed by atoms with E-state index in [0.29, 0.717) is 12.5 Å². The van der Waals surface area contributed by atoms with Gasteiger partial charge in [-0.3, -0.25) is 10.1 Å². The van der Waals surface area contributed by atoms with Crippen molar-refractivity contribution in [1.82, 2.24) is 25.4 Å². The Morgan fingerprint density at radius 3 is 2.83 bits per heavy atom. The van der Waals surface area contributed by atoms with Crippen LogP contribution in [-0.2, 0) is 0 Å². The molecule has 3 rings (SSSR count). The maximum Gasteiger partial charge on any atom is 0.317 e. The molecule has 23 heavy (non-hydrogen) atoms. The van der Waals surface area contributed by atoms with Gasteiger partial charge in [0, 0.05) is 26.3 Å². The van der Waals surface area contributed by atoms with Gasteiger partial charge in [0.15, 0.2) is 0 Å². The van der Waals surface area contributed by atoms with Crippen LogP contribution in [0.4, 0.5) is 4.79 Å². The number of pyridine rings is 1. The molecule has 2 aromatic rings. The fourth-order valence-corrected chi connectivity index (χ4v) is 2.70. The van der Waals surface area contributed by atoms with Gasteiger partial charge in [-0.15, -0.1) is 0 Å². The summed E-state index contributed by atoms with van der Waals surface area (Å²) in [6, 6.07) is 5.71. The van der Waals surface area contributed by atoms with E-state index in [2.05, 4.69) is 20.5 Å². The summed E-state index contributed by atoms with van der Waals surface area (Å²) in [4.78, 5) is 17.8. The highest BCUT2D eigenvalue weighted by atomic mass is 16.5. The van der Waals surface area contributed by atoms with Crippen molar-refractivity contribution in [3.63, 3.8) is 0 Å². The lowest BCUT2D eigenvalue weighted by Gasteiger charge is -2.31. The maximum absolute atomic E-state index is 11.6. The maximum atomic E-state index is 11.6. The average molecular weight is 315 g/mol. The molecular formula is C16H21N5O2. The number of aromatic amines is 1. The summed E-state index contributed by atoms with van der Waals surface area (Å²) in [6.07, 6.45) is 5.36. The number of aromatic nitrogens is 3. The van der Waals surface area contributed by atoms with Gasteiger partial charge in [-0.25, -0.2) is 4.79 Å². The minimum absolute atomic E-state index is 0.00274. The quantitative estimate of drug-likeness (QED) is 0.902. The summed E-state index contributed by atoms with van der Waals surface area (Å²) in [5.74, 6) is 1.24. The summed E-state index contributed by atoms with van der Waals surface area (Å²) in [6.45, 7) is 2.22. The van der Waals surface area contributed by atoms with Gasteiger partial charge in [-0.05, 0) is 37.0 Å². The summed E-state index contributed by atoms with van der Waals surface area (Å²) >= 11 is 0. The Labute approximate surface area is 135 Å². The van der Waals surface area contributed by atoms with Gasteiger partial charge in [-0.1, -0.05) is 0 Å². The average Bonchev–Trinajstić information content (AvgIpc) is 3.15. The minimum atomic E-state index is 0.00274. The second-order valence-corrected chi connectivity index (χ2v) is 5.65. The van der Waals surface area contributed by atoms with E-state index in [1.807, 2.05) is 23.1 Å². The Morgan fingerprint density at radius 2 is 2.22 bits per heavy atom. The molecule has 7 heteroatoms. The first kappa shape index (κ1) is 15.3. The topological polar surface area (TPSA) is 83.1 Å². The van der Waals surface area contributed by atoms with Gasteiger partial charge in [0.2, 0.25) is 0 Å². The largest absolute Gasteiger partial charge is 0.492 e. The van der Waals surface area contributed by atoms with Crippen molar-refractivity contribution in [3.05, 3.63) is 30.6 Å². The summed E-state index contributed by atoms with van der Waals surface area (Å²) in [5, 5.41) is 9.46. The van der Waals surface area contributed by atoms with Gasteiger partial charge >= 0.3 is 6.03 Å². The molecule has 0 spiro atoms. The summed E-state index contributed by atoms with van der Waals surface area (Å²) < 4.78 is 5.83. The minimum Gasteiger partial charge on any atom is -0.492 e. The number of ether oxygens (including phenoxy) is 1. The zero-order chi connectivity index (χ0) is 16.1. The van der Waals surface area contributed by atoms with Crippen LogP contribution in [-0.4, -0.2) is 52.9 Å². The molecular weight excluding hydrogens is 294 g/mol. The summed E-state index contributed by atoms with van der Waals surface area (Å²) in [7, 11) is 1.66. The molecule has 0 aliphatic carbocycles. The third-order valence-electron chi connectivity index (χ3n) is 4.11. The van der Waals surface area contributed by atoms with Crippen molar-refractivity contribution >= 4 is 6.03 Å². The molecule has 2 amide bonds. The number of rotatable bonds is 4. The van der Waals surface area contributed by atoms with E-state index in [0.717, 1.165) is 43.1 Å². The Morgan fingerprint density at radius 1 is 1.39 bits per heavy atom. The molecule has 122 valence electrons. The van der Waals surface area contributed by atoms with Crippen molar-refractivity contribution in [2.75, 3.05) is 26.7 Å². The molecule has 0 saturated carbocycles. The Kier molecular flexibility index (Phi) is 4.75. The number of urea groups is 1. The van der Waals surface area contributed by atoms with Crippen LogP contribution in [0.3, 0.4) is 0 Å².